The standard InChI is InChI=1S/C21H17Cl2F6N7O6S/c22-9-1-7(20(24,25)26)2-10(23)13(9)36-18(17(11(3-30)33-36)43(41)21(27,28)29)31-4-8-5-35(34-32-8)6-12-14(37)15(38)16(39)19(40)42-12/h1-2,5,12,14-16,19,31,37-40H,4,6H2/t12-,14-,15+,16-,19?,43?/m1/s1. The maximum atomic E-state index is 13.5. The number of hydrogen-bond acceptors (Lipinski definition) is 11. The van der Waals surface area contributed by atoms with Crippen LogP contribution in [0.1, 0.15) is 17.0 Å². The predicted octanol–water partition coefficient (Wildman–Crippen LogP) is 1.70. The highest BCUT2D eigenvalue weighted by molar-refractivity contribution is 7.86. The molecule has 2 unspecified atom stereocenters. The zero-order valence-electron chi connectivity index (χ0n) is 20.8. The molecule has 3 aromatic rings. The lowest BCUT2D eigenvalue weighted by atomic mass is 9.99. The predicted molar refractivity (Wildman–Crippen MR) is 132 cm³/mol. The highest BCUT2D eigenvalue weighted by Gasteiger charge is 2.44. The number of alkyl halides is 6. The molecule has 1 aromatic carbocycles. The first-order valence-corrected chi connectivity index (χ1v) is 13.4. The number of nitrogens with zero attached hydrogens (tertiary/aromatic N) is 6. The van der Waals surface area contributed by atoms with Crippen LogP contribution in [0.2, 0.25) is 10.0 Å². The normalized spacial score (nSPS) is 23.7. The van der Waals surface area contributed by atoms with E-state index < -0.39 is 97.4 Å². The lowest BCUT2D eigenvalue weighted by Gasteiger charge is -2.38. The Labute approximate surface area is 248 Å². The maximum absolute atomic E-state index is 13.5. The fourth-order valence-electron chi connectivity index (χ4n) is 3.97. The molecule has 0 bridgehead atoms. The Morgan fingerprint density at radius 2 is 1.70 bits per heavy atom. The van der Waals surface area contributed by atoms with Gasteiger partial charge in [-0.05, 0) is 12.1 Å². The Morgan fingerprint density at radius 3 is 2.26 bits per heavy atom. The summed E-state index contributed by atoms with van der Waals surface area (Å²) in [6.45, 7) is -0.835. The third-order valence-electron chi connectivity index (χ3n) is 5.98. The number of halogens is 8. The van der Waals surface area contributed by atoms with Crippen LogP contribution in [0.25, 0.3) is 5.69 Å². The average Bonchev–Trinajstić information content (AvgIpc) is 3.51. The molecule has 0 saturated carbocycles. The van der Waals surface area contributed by atoms with Crippen molar-refractivity contribution in [3.63, 3.8) is 0 Å². The van der Waals surface area contributed by atoms with Gasteiger partial charge in [0.25, 0.3) is 0 Å². The fourth-order valence-corrected chi connectivity index (χ4v) is 5.44. The molecule has 43 heavy (non-hydrogen) atoms. The first kappa shape index (κ1) is 32.9. The third-order valence-corrected chi connectivity index (χ3v) is 7.73. The van der Waals surface area contributed by atoms with E-state index in [1.165, 1.54) is 12.3 Å². The van der Waals surface area contributed by atoms with Gasteiger partial charge >= 0.3 is 11.7 Å². The molecule has 0 amide bonds. The summed E-state index contributed by atoms with van der Waals surface area (Å²) in [4.78, 5) is -1.17. The van der Waals surface area contributed by atoms with Crippen molar-refractivity contribution in [3.05, 3.63) is 45.3 Å². The first-order valence-electron chi connectivity index (χ1n) is 11.5. The van der Waals surface area contributed by atoms with Crippen LogP contribution in [0.5, 0.6) is 0 Å². The molecule has 5 N–H and O–H groups in total. The fraction of sp³-hybridized carbons (Fsp3) is 0.429. The van der Waals surface area contributed by atoms with Crippen LogP contribution in [0.3, 0.4) is 0 Å². The van der Waals surface area contributed by atoms with E-state index in [0.29, 0.717) is 16.8 Å². The van der Waals surface area contributed by atoms with Crippen LogP contribution in [0, 0.1) is 11.3 Å². The molecule has 0 spiro atoms. The molecule has 13 nitrogen and oxygen atoms in total. The number of ether oxygens (including phenoxy) is 1. The van der Waals surface area contributed by atoms with E-state index in [4.69, 9.17) is 27.9 Å². The lowest BCUT2D eigenvalue weighted by molar-refractivity contribution is -0.284. The summed E-state index contributed by atoms with van der Waals surface area (Å²) in [7, 11) is -3.87. The van der Waals surface area contributed by atoms with Gasteiger partial charge in [0.05, 0.1) is 34.9 Å². The van der Waals surface area contributed by atoms with Crippen molar-refractivity contribution in [1.82, 2.24) is 24.8 Å². The largest absolute Gasteiger partial charge is 0.476 e. The van der Waals surface area contributed by atoms with Gasteiger partial charge in [-0.25, -0.2) is 13.6 Å². The van der Waals surface area contributed by atoms with Gasteiger partial charge in [0.2, 0.25) is 0 Å². The topological polar surface area (TPSA) is 192 Å². The van der Waals surface area contributed by atoms with Gasteiger partial charge < -0.3 is 30.5 Å². The zero-order chi connectivity index (χ0) is 32.0. The highest BCUT2D eigenvalue weighted by atomic mass is 35.5. The highest BCUT2D eigenvalue weighted by Crippen LogP contribution is 2.41. The average molecular weight is 680 g/mol. The third kappa shape index (κ3) is 6.73. The van der Waals surface area contributed by atoms with Crippen molar-refractivity contribution in [2.45, 2.75) is 60.4 Å². The molecule has 2 aromatic heterocycles. The van der Waals surface area contributed by atoms with E-state index in [1.54, 1.807) is 0 Å². The Bertz CT molecular complexity index is 1560. The molecule has 1 fully saturated rings. The van der Waals surface area contributed by atoms with Crippen molar-refractivity contribution in [1.29, 1.82) is 5.26 Å². The van der Waals surface area contributed by atoms with E-state index in [0.717, 1.165) is 4.68 Å². The summed E-state index contributed by atoms with van der Waals surface area (Å²) in [6, 6.07) is 2.22. The molecule has 4 rings (SSSR count). The van der Waals surface area contributed by atoms with E-state index in [1.807, 2.05) is 0 Å². The zero-order valence-corrected chi connectivity index (χ0v) is 23.1. The van der Waals surface area contributed by atoms with E-state index in [-0.39, 0.29) is 12.2 Å². The van der Waals surface area contributed by atoms with Gasteiger partial charge in [-0.2, -0.15) is 36.7 Å². The summed E-state index contributed by atoms with van der Waals surface area (Å²) in [6.07, 6.45) is -12.0. The van der Waals surface area contributed by atoms with Gasteiger partial charge in [0.15, 0.2) is 22.8 Å². The quantitative estimate of drug-likeness (QED) is 0.228. The molecule has 6 atom stereocenters. The molecule has 1 aliphatic heterocycles. The second-order valence-electron chi connectivity index (χ2n) is 8.87. The maximum Gasteiger partial charge on any atom is 0.476 e. The number of rotatable bonds is 7. The van der Waals surface area contributed by atoms with Gasteiger partial charge in [0, 0.05) is 0 Å². The number of nitrogens with one attached hydrogen (secondary N) is 1. The second-order valence-corrected chi connectivity index (χ2v) is 11.1. The van der Waals surface area contributed by atoms with Crippen molar-refractivity contribution < 1.29 is 55.7 Å². The molecular formula is C21H17Cl2F6N7O6S. The van der Waals surface area contributed by atoms with Crippen LogP contribution < -0.4 is 5.32 Å². The van der Waals surface area contributed by atoms with Gasteiger partial charge in [-0.1, -0.05) is 28.4 Å². The molecule has 22 heteroatoms. The Hall–Kier alpha value is -3.03. The number of hydrogen-bond donors (Lipinski definition) is 5. The molecule has 3 heterocycles. The van der Waals surface area contributed by atoms with Crippen molar-refractivity contribution in [3.8, 4) is 11.8 Å². The minimum Gasteiger partial charge on any atom is -0.388 e. The number of aliphatic hydroxyl groups excluding tert-OH is 4. The Balaban J connectivity index is 1.69. The minimum absolute atomic E-state index is 0.0222. The Morgan fingerprint density at radius 1 is 1.07 bits per heavy atom. The molecule has 0 aliphatic carbocycles. The smallest absolute Gasteiger partial charge is 0.388 e. The number of nitriles is 1. The van der Waals surface area contributed by atoms with E-state index >= 15 is 0 Å². The van der Waals surface area contributed by atoms with Crippen molar-refractivity contribution in [2.24, 2.45) is 0 Å². The first-order chi connectivity index (χ1) is 19.9. The molecule has 234 valence electrons. The lowest BCUT2D eigenvalue weighted by Crippen LogP contribution is -2.58. The van der Waals surface area contributed by atoms with Gasteiger partial charge in [-0.15, -0.1) is 5.10 Å². The molecule has 0 radical (unpaired) electrons. The van der Waals surface area contributed by atoms with E-state index in [9.17, 15) is 56.2 Å². The molecular weight excluding hydrogens is 663 g/mol. The van der Waals surface area contributed by atoms with E-state index in [2.05, 4.69) is 20.7 Å². The second kappa shape index (κ2) is 12.2. The van der Waals surface area contributed by atoms with Crippen LogP contribution in [0.15, 0.2) is 23.2 Å². The molecule has 1 aliphatic rings. The van der Waals surface area contributed by atoms with Crippen LogP contribution in [0.4, 0.5) is 32.2 Å². The van der Waals surface area contributed by atoms with Crippen molar-refractivity contribution in [2.75, 3.05) is 5.32 Å². The summed E-state index contributed by atoms with van der Waals surface area (Å²) in [5.41, 5.74) is -8.27. The number of aromatic nitrogens is 5. The monoisotopic (exact) mass is 679 g/mol. The minimum atomic E-state index is -5.39. The van der Waals surface area contributed by atoms with Gasteiger partial charge in [-0.3, -0.25) is 0 Å². The number of anilines is 1. The summed E-state index contributed by atoms with van der Waals surface area (Å²) in [5, 5.41) is 60.9. The van der Waals surface area contributed by atoms with Crippen LogP contribution >= 0.6 is 23.2 Å². The van der Waals surface area contributed by atoms with Gasteiger partial charge in [0.1, 0.15) is 52.6 Å². The number of benzene rings is 1. The van der Waals surface area contributed by atoms with Crippen molar-refractivity contribution >= 4 is 39.8 Å². The Kier molecular flexibility index (Phi) is 9.30. The SMILES string of the molecule is N#Cc1nn(-c2c(Cl)cc(C(F)(F)F)cc2Cl)c(NCc2cn(C[C@H]3OC(O)[C@H](O)[C@@H](O)[C@@H]3O)nn2)c1S(=O)C(F)(F)F. The summed E-state index contributed by atoms with van der Waals surface area (Å²) < 4.78 is 99.3. The van der Waals surface area contributed by atoms with Crippen LogP contribution in [-0.4, -0.2) is 85.6 Å². The number of aliphatic hydroxyl groups is 4. The molecule has 1 saturated heterocycles. The summed E-state index contributed by atoms with van der Waals surface area (Å²) >= 11 is 12.0. The summed E-state index contributed by atoms with van der Waals surface area (Å²) in [5.74, 6) is -0.767. The van der Waals surface area contributed by atoms with Crippen LogP contribution in [-0.2, 0) is 34.8 Å².